The van der Waals surface area contributed by atoms with Crippen molar-refractivity contribution in [2.45, 2.75) is 13.0 Å². The van der Waals surface area contributed by atoms with Crippen molar-refractivity contribution >= 4 is 11.8 Å². The highest BCUT2D eigenvalue weighted by Crippen LogP contribution is 2.32. The van der Waals surface area contributed by atoms with Crippen molar-refractivity contribution in [1.29, 1.82) is 5.26 Å². The van der Waals surface area contributed by atoms with Crippen molar-refractivity contribution in [3.63, 3.8) is 0 Å². The van der Waals surface area contributed by atoms with Crippen LogP contribution >= 0.6 is 0 Å². The van der Waals surface area contributed by atoms with Gasteiger partial charge in [-0.3, -0.25) is 14.5 Å². The summed E-state index contributed by atoms with van der Waals surface area (Å²) in [4.78, 5) is 29.1. The van der Waals surface area contributed by atoms with Crippen LogP contribution in [0.15, 0.2) is 42.5 Å². The van der Waals surface area contributed by atoms with Crippen LogP contribution in [0.1, 0.15) is 27.9 Å². The average molecular weight is 420 g/mol. The zero-order valence-corrected chi connectivity index (χ0v) is 17.2. The van der Waals surface area contributed by atoms with Crippen LogP contribution in [0.2, 0.25) is 0 Å². The third-order valence-corrected chi connectivity index (χ3v) is 5.47. The topological polar surface area (TPSA) is 94.9 Å². The van der Waals surface area contributed by atoms with Gasteiger partial charge in [-0.1, -0.05) is 12.1 Å². The molecule has 0 bridgehead atoms. The number of carbonyl (C=O) groups is 2. The van der Waals surface area contributed by atoms with Crippen LogP contribution < -0.4 is 14.8 Å². The third kappa shape index (κ3) is 5.13. The van der Waals surface area contributed by atoms with Crippen molar-refractivity contribution in [1.82, 2.24) is 15.1 Å². The molecule has 2 heterocycles. The molecule has 2 aliphatic heterocycles. The highest BCUT2D eigenvalue weighted by Gasteiger charge is 2.21. The Morgan fingerprint density at radius 1 is 1.00 bits per heavy atom. The molecule has 2 aromatic rings. The van der Waals surface area contributed by atoms with E-state index in [1.165, 1.54) is 0 Å². The lowest BCUT2D eigenvalue weighted by Crippen LogP contribution is -2.42. The van der Waals surface area contributed by atoms with Gasteiger partial charge in [-0.25, -0.2) is 0 Å². The maximum absolute atomic E-state index is 12.6. The van der Waals surface area contributed by atoms with E-state index >= 15 is 0 Å². The molecule has 2 amide bonds. The number of amides is 2. The SMILES string of the molecule is N#Cc1ccc(CN2CCCN(C(=O)CNC(=O)c3ccc4c(c3)OCO4)CC2)cc1. The second kappa shape index (κ2) is 9.49. The number of carbonyl (C=O) groups excluding carboxylic acids is 2. The van der Waals surface area contributed by atoms with E-state index in [2.05, 4.69) is 16.3 Å². The highest BCUT2D eigenvalue weighted by molar-refractivity contribution is 5.97. The van der Waals surface area contributed by atoms with Gasteiger partial charge in [0.25, 0.3) is 5.91 Å². The molecule has 1 saturated heterocycles. The van der Waals surface area contributed by atoms with Crippen molar-refractivity contribution in [2.24, 2.45) is 0 Å². The number of hydrogen-bond donors (Lipinski definition) is 1. The zero-order chi connectivity index (χ0) is 21.6. The maximum Gasteiger partial charge on any atom is 0.251 e. The van der Waals surface area contributed by atoms with Gasteiger partial charge in [-0.2, -0.15) is 5.26 Å². The van der Waals surface area contributed by atoms with E-state index in [1.807, 2.05) is 24.3 Å². The normalized spacial score (nSPS) is 15.8. The first-order chi connectivity index (χ1) is 15.1. The summed E-state index contributed by atoms with van der Waals surface area (Å²) >= 11 is 0. The number of nitrogens with zero attached hydrogens (tertiary/aromatic N) is 3. The Morgan fingerprint density at radius 3 is 2.61 bits per heavy atom. The molecule has 0 aromatic heterocycles. The molecule has 4 rings (SSSR count). The Hall–Kier alpha value is -3.57. The summed E-state index contributed by atoms with van der Waals surface area (Å²) < 4.78 is 10.5. The Morgan fingerprint density at radius 2 is 1.81 bits per heavy atom. The minimum absolute atomic E-state index is 0.0388. The first-order valence-corrected chi connectivity index (χ1v) is 10.3. The molecule has 2 aromatic carbocycles. The van der Waals surface area contributed by atoms with Crippen LogP contribution in [0.4, 0.5) is 0 Å². The first-order valence-electron chi connectivity index (χ1n) is 10.3. The standard InChI is InChI=1S/C23H24N4O4/c24-13-17-2-4-18(5-3-17)15-26-8-1-9-27(11-10-26)22(28)14-25-23(29)19-6-7-20-21(12-19)31-16-30-20/h2-7,12H,1,8-11,14-16H2,(H,25,29). The molecule has 31 heavy (non-hydrogen) atoms. The summed E-state index contributed by atoms with van der Waals surface area (Å²) in [7, 11) is 0. The summed E-state index contributed by atoms with van der Waals surface area (Å²) in [6.45, 7) is 3.85. The third-order valence-electron chi connectivity index (χ3n) is 5.47. The molecule has 1 fully saturated rings. The molecule has 0 saturated carbocycles. The van der Waals surface area contributed by atoms with Crippen molar-refractivity contribution in [2.75, 3.05) is 39.5 Å². The largest absolute Gasteiger partial charge is 0.454 e. The number of nitrogens with one attached hydrogen (secondary N) is 1. The molecule has 8 nitrogen and oxygen atoms in total. The molecular weight excluding hydrogens is 396 g/mol. The van der Waals surface area contributed by atoms with Gasteiger partial charge >= 0.3 is 0 Å². The van der Waals surface area contributed by atoms with Crippen molar-refractivity contribution in [3.05, 3.63) is 59.2 Å². The van der Waals surface area contributed by atoms with Gasteiger partial charge in [0.05, 0.1) is 18.2 Å². The monoisotopic (exact) mass is 420 g/mol. The van der Waals surface area contributed by atoms with Crippen molar-refractivity contribution in [3.8, 4) is 17.6 Å². The highest BCUT2D eigenvalue weighted by atomic mass is 16.7. The molecule has 0 spiro atoms. The Kier molecular flexibility index (Phi) is 6.34. The van der Waals surface area contributed by atoms with E-state index in [4.69, 9.17) is 14.7 Å². The molecule has 0 aliphatic carbocycles. The predicted octanol–water partition coefficient (Wildman–Crippen LogP) is 1.75. The fraction of sp³-hybridized carbons (Fsp3) is 0.348. The van der Waals surface area contributed by atoms with Crippen LogP contribution in [0.5, 0.6) is 11.5 Å². The molecule has 0 unspecified atom stereocenters. The Balaban J connectivity index is 1.25. The second-order valence-electron chi connectivity index (χ2n) is 7.57. The molecule has 8 heteroatoms. The lowest BCUT2D eigenvalue weighted by molar-refractivity contribution is -0.130. The van der Waals surface area contributed by atoms with Gasteiger partial charge in [0.2, 0.25) is 12.7 Å². The van der Waals surface area contributed by atoms with E-state index in [1.54, 1.807) is 23.1 Å². The van der Waals surface area contributed by atoms with Gasteiger partial charge in [-0.15, -0.1) is 0 Å². The van der Waals surface area contributed by atoms with E-state index in [-0.39, 0.29) is 25.2 Å². The number of hydrogen-bond acceptors (Lipinski definition) is 6. The van der Waals surface area contributed by atoms with E-state index in [9.17, 15) is 9.59 Å². The summed E-state index contributed by atoms with van der Waals surface area (Å²) in [5.74, 6) is 0.745. The first kappa shape index (κ1) is 20.7. The molecule has 0 radical (unpaired) electrons. The summed E-state index contributed by atoms with van der Waals surface area (Å²) in [5, 5.41) is 11.6. The van der Waals surface area contributed by atoms with Gasteiger partial charge in [0, 0.05) is 38.3 Å². The minimum atomic E-state index is -0.316. The fourth-order valence-corrected chi connectivity index (χ4v) is 3.73. The van der Waals surface area contributed by atoms with Crippen LogP contribution in [0, 0.1) is 11.3 Å². The van der Waals surface area contributed by atoms with Crippen molar-refractivity contribution < 1.29 is 19.1 Å². The summed E-state index contributed by atoms with van der Waals surface area (Å²) in [5.41, 5.74) is 2.23. The molecule has 2 aliphatic rings. The number of fused-ring (bicyclic) bond motifs is 1. The minimum Gasteiger partial charge on any atom is -0.454 e. The maximum atomic E-state index is 12.6. The summed E-state index contributed by atoms with van der Waals surface area (Å²) in [6.07, 6.45) is 0.873. The van der Waals surface area contributed by atoms with Crippen LogP contribution in [0.25, 0.3) is 0 Å². The number of nitriles is 1. The number of ether oxygens (including phenoxy) is 2. The number of rotatable bonds is 5. The van der Waals surface area contributed by atoms with E-state index in [0.717, 1.165) is 31.6 Å². The molecule has 0 atom stereocenters. The quantitative estimate of drug-likeness (QED) is 0.792. The van der Waals surface area contributed by atoms with Gasteiger partial charge in [0.1, 0.15) is 0 Å². The fourth-order valence-electron chi connectivity index (χ4n) is 3.73. The molecular formula is C23H24N4O4. The van der Waals surface area contributed by atoms with Gasteiger partial charge in [-0.05, 0) is 42.3 Å². The number of benzene rings is 2. The van der Waals surface area contributed by atoms with Crippen LogP contribution in [0.3, 0.4) is 0 Å². The lowest BCUT2D eigenvalue weighted by atomic mass is 10.1. The van der Waals surface area contributed by atoms with E-state index < -0.39 is 0 Å². The van der Waals surface area contributed by atoms with Gasteiger partial charge < -0.3 is 19.7 Å². The predicted molar refractivity (Wildman–Crippen MR) is 113 cm³/mol. The molecule has 1 N–H and O–H groups in total. The average Bonchev–Trinajstić information content (AvgIpc) is 3.15. The van der Waals surface area contributed by atoms with Gasteiger partial charge in [0.15, 0.2) is 11.5 Å². The lowest BCUT2D eigenvalue weighted by Gasteiger charge is -2.22. The Bertz CT molecular complexity index is 1000. The molecule has 160 valence electrons. The van der Waals surface area contributed by atoms with Crippen LogP contribution in [-0.2, 0) is 11.3 Å². The van der Waals surface area contributed by atoms with E-state index in [0.29, 0.717) is 35.7 Å². The van der Waals surface area contributed by atoms with Crippen LogP contribution in [-0.4, -0.2) is 61.1 Å². The smallest absolute Gasteiger partial charge is 0.251 e. The zero-order valence-electron chi connectivity index (χ0n) is 17.2. The second-order valence-corrected chi connectivity index (χ2v) is 7.57. The Labute approximate surface area is 181 Å². The summed E-state index contributed by atoms with van der Waals surface area (Å²) in [6, 6.07) is 14.7.